The maximum Gasteiger partial charge on any atom is 0.416 e. The Balaban J connectivity index is 1.80. The van der Waals surface area contributed by atoms with Gasteiger partial charge in [0.15, 0.2) is 0 Å². The Morgan fingerprint density at radius 3 is 2.55 bits per heavy atom. The quantitative estimate of drug-likeness (QED) is 0.873. The summed E-state index contributed by atoms with van der Waals surface area (Å²) in [5.41, 5.74) is 2.23. The Kier molecular flexibility index (Phi) is 3.64. The number of hydrogen-bond acceptors (Lipinski definition) is 1. The zero-order valence-electron chi connectivity index (χ0n) is 11.7. The van der Waals surface area contributed by atoms with Crippen molar-refractivity contribution in [3.05, 3.63) is 64.7 Å². The molecule has 0 spiro atoms. The highest BCUT2D eigenvalue weighted by Gasteiger charge is 2.30. The highest BCUT2D eigenvalue weighted by Crippen LogP contribution is 2.31. The standard InChI is InChI=1S/C17H14F3NO/c18-17(19,20)14-5-2-6-15(10-14)21-16(22)13-8-7-11-3-1-4-12(11)9-13/h2,5-10H,1,3-4H2,(H,21,22). The summed E-state index contributed by atoms with van der Waals surface area (Å²) >= 11 is 0. The van der Waals surface area contributed by atoms with Crippen LogP contribution in [-0.2, 0) is 19.0 Å². The minimum absolute atomic E-state index is 0.139. The molecule has 1 amide bonds. The third-order valence-electron chi connectivity index (χ3n) is 3.81. The molecule has 0 fully saturated rings. The molecule has 1 N–H and O–H groups in total. The number of aryl methyl sites for hydroxylation is 2. The topological polar surface area (TPSA) is 29.1 Å². The van der Waals surface area contributed by atoms with Crippen LogP contribution in [0.5, 0.6) is 0 Å². The molecule has 2 aromatic carbocycles. The van der Waals surface area contributed by atoms with Crippen molar-refractivity contribution in [1.82, 2.24) is 0 Å². The second kappa shape index (κ2) is 5.48. The highest BCUT2D eigenvalue weighted by molar-refractivity contribution is 6.04. The molecule has 5 heteroatoms. The van der Waals surface area contributed by atoms with Gasteiger partial charge in [0.05, 0.1) is 5.56 Å². The van der Waals surface area contributed by atoms with Crippen LogP contribution in [0.15, 0.2) is 42.5 Å². The minimum atomic E-state index is -4.42. The van der Waals surface area contributed by atoms with E-state index in [4.69, 9.17) is 0 Å². The molecule has 22 heavy (non-hydrogen) atoms. The number of carbonyl (C=O) groups excluding carboxylic acids is 1. The van der Waals surface area contributed by atoms with Gasteiger partial charge in [0.1, 0.15) is 0 Å². The van der Waals surface area contributed by atoms with Crippen LogP contribution in [0.4, 0.5) is 18.9 Å². The molecule has 3 rings (SSSR count). The van der Waals surface area contributed by atoms with Crippen LogP contribution in [0.3, 0.4) is 0 Å². The maximum atomic E-state index is 12.7. The number of carbonyl (C=O) groups is 1. The summed E-state index contributed by atoms with van der Waals surface area (Å²) in [5, 5.41) is 2.52. The van der Waals surface area contributed by atoms with Crippen molar-refractivity contribution in [2.24, 2.45) is 0 Å². The Labute approximate surface area is 126 Å². The van der Waals surface area contributed by atoms with Gasteiger partial charge in [0.2, 0.25) is 0 Å². The van der Waals surface area contributed by atoms with E-state index >= 15 is 0 Å². The van der Waals surface area contributed by atoms with Gasteiger partial charge in [-0.3, -0.25) is 4.79 Å². The number of halogens is 3. The molecule has 1 aliphatic carbocycles. The van der Waals surface area contributed by atoms with Crippen molar-refractivity contribution in [2.75, 3.05) is 5.32 Å². The molecule has 0 saturated carbocycles. The molecule has 0 heterocycles. The van der Waals surface area contributed by atoms with Gasteiger partial charge >= 0.3 is 6.18 Å². The summed E-state index contributed by atoms with van der Waals surface area (Å²) < 4.78 is 38.0. The van der Waals surface area contributed by atoms with Crippen molar-refractivity contribution < 1.29 is 18.0 Å². The van der Waals surface area contributed by atoms with E-state index < -0.39 is 17.6 Å². The summed E-state index contributed by atoms with van der Waals surface area (Å²) in [6.07, 6.45) is -1.38. The molecule has 0 aliphatic heterocycles. The first-order valence-corrected chi connectivity index (χ1v) is 7.04. The molecule has 0 unspecified atom stereocenters. The largest absolute Gasteiger partial charge is 0.416 e. The summed E-state index contributed by atoms with van der Waals surface area (Å²) in [5.74, 6) is -0.394. The number of alkyl halides is 3. The third-order valence-corrected chi connectivity index (χ3v) is 3.81. The predicted octanol–water partition coefficient (Wildman–Crippen LogP) is 4.45. The van der Waals surface area contributed by atoms with Crippen LogP contribution in [0.2, 0.25) is 0 Å². The van der Waals surface area contributed by atoms with E-state index in [1.165, 1.54) is 17.7 Å². The van der Waals surface area contributed by atoms with Gasteiger partial charge in [-0.05, 0) is 60.7 Å². The molecule has 2 nitrogen and oxygen atoms in total. The maximum absolute atomic E-state index is 12.7. The lowest BCUT2D eigenvalue weighted by Crippen LogP contribution is -2.13. The van der Waals surface area contributed by atoms with E-state index in [9.17, 15) is 18.0 Å². The SMILES string of the molecule is O=C(Nc1cccc(C(F)(F)F)c1)c1ccc2c(c1)CCC2. The molecule has 2 aromatic rings. The first-order valence-electron chi connectivity index (χ1n) is 7.04. The van der Waals surface area contributed by atoms with Crippen molar-refractivity contribution in [3.8, 4) is 0 Å². The van der Waals surface area contributed by atoms with Gasteiger partial charge in [-0.25, -0.2) is 0 Å². The first kappa shape index (κ1) is 14.6. The Bertz CT molecular complexity index is 722. The van der Waals surface area contributed by atoms with Crippen LogP contribution < -0.4 is 5.32 Å². The van der Waals surface area contributed by atoms with Crippen LogP contribution in [0.1, 0.15) is 33.5 Å². The molecule has 0 aromatic heterocycles. The van der Waals surface area contributed by atoms with E-state index in [-0.39, 0.29) is 5.69 Å². The smallest absolute Gasteiger partial charge is 0.322 e. The number of hydrogen-bond donors (Lipinski definition) is 1. The average molecular weight is 305 g/mol. The number of amides is 1. The Hall–Kier alpha value is -2.30. The average Bonchev–Trinajstić information content (AvgIpc) is 2.94. The molecule has 0 bridgehead atoms. The fourth-order valence-electron chi connectivity index (χ4n) is 2.69. The van der Waals surface area contributed by atoms with Gasteiger partial charge in [0.25, 0.3) is 5.91 Å². The lowest BCUT2D eigenvalue weighted by atomic mass is 10.1. The molecular weight excluding hydrogens is 291 g/mol. The van der Waals surface area contributed by atoms with E-state index in [0.717, 1.165) is 37.0 Å². The molecule has 0 radical (unpaired) electrons. The van der Waals surface area contributed by atoms with E-state index in [1.807, 2.05) is 12.1 Å². The first-order chi connectivity index (χ1) is 10.4. The van der Waals surface area contributed by atoms with Gasteiger partial charge in [-0.2, -0.15) is 13.2 Å². The van der Waals surface area contributed by atoms with E-state index in [2.05, 4.69) is 5.32 Å². The van der Waals surface area contributed by atoms with E-state index in [0.29, 0.717) is 5.56 Å². The number of anilines is 1. The van der Waals surface area contributed by atoms with Gasteiger partial charge in [-0.15, -0.1) is 0 Å². The second-order valence-electron chi connectivity index (χ2n) is 5.37. The van der Waals surface area contributed by atoms with Crippen molar-refractivity contribution in [2.45, 2.75) is 25.4 Å². The molecule has 0 atom stereocenters. The summed E-state index contributed by atoms with van der Waals surface area (Å²) in [6.45, 7) is 0. The van der Waals surface area contributed by atoms with Crippen molar-refractivity contribution >= 4 is 11.6 Å². The predicted molar refractivity (Wildman–Crippen MR) is 77.9 cm³/mol. The lowest BCUT2D eigenvalue weighted by molar-refractivity contribution is -0.137. The van der Waals surface area contributed by atoms with Gasteiger partial charge < -0.3 is 5.32 Å². The second-order valence-corrected chi connectivity index (χ2v) is 5.37. The Morgan fingerprint density at radius 2 is 1.77 bits per heavy atom. The van der Waals surface area contributed by atoms with Crippen LogP contribution >= 0.6 is 0 Å². The van der Waals surface area contributed by atoms with Crippen LogP contribution in [0, 0.1) is 0 Å². The fraction of sp³-hybridized carbons (Fsp3) is 0.235. The normalized spacial score (nSPS) is 13.8. The van der Waals surface area contributed by atoms with Crippen molar-refractivity contribution in [3.63, 3.8) is 0 Å². The lowest BCUT2D eigenvalue weighted by Gasteiger charge is -2.10. The number of benzene rings is 2. The monoisotopic (exact) mass is 305 g/mol. The van der Waals surface area contributed by atoms with Gasteiger partial charge in [-0.1, -0.05) is 12.1 Å². The zero-order chi connectivity index (χ0) is 15.7. The van der Waals surface area contributed by atoms with Crippen LogP contribution in [0.25, 0.3) is 0 Å². The molecule has 0 saturated heterocycles. The third kappa shape index (κ3) is 2.98. The highest BCUT2D eigenvalue weighted by atomic mass is 19.4. The fourth-order valence-corrected chi connectivity index (χ4v) is 2.69. The zero-order valence-corrected chi connectivity index (χ0v) is 11.7. The van der Waals surface area contributed by atoms with Crippen molar-refractivity contribution in [1.29, 1.82) is 0 Å². The number of nitrogens with one attached hydrogen (secondary N) is 1. The minimum Gasteiger partial charge on any atom is -0.322 e. The van der Waals surface area contributed by atoms with E-state index in [1.54, 1.807) is 6.07 Å². The number of rotatable bonds is 2. The molecule has 114 valence electrons. The summed E-state index contributed by atoms with van der Waals surface area (Å²) in [6, 6.07) is 10.1. The summed E-state index contributed by atoms with van der Waals surface area (Å²) in [7, 11) is 0. The number of fused-ring (bicyclic) bond motifs is 1. The molecule has 1 aliphatic rings. The molecular formula is C17H14F3NO. The summed E-state index contributed by atoms with van der Waals surface area (Å²) in [4.78, 5) is 12.2. The van der Waals surface area contributed by atoms with Crippen LogP contribution in [-0.4, -0.2) is 5.91 Å². The Morgan fingerprint density at radius 1 is 1.00 bits per heavy atom. The van der Waals surface area contributed by atoms with Gasteiger partial charge in [0, 0.05) is 11.3 Å².